The SMILES string of the molecule is CCNCCNC(=O)C(C)CCOc1ccccc1.Cl. The van der Waals surface area contributed by atoms with Gasteiger partial charge >= 0.3 is 0 Å². The number of carbonyl (C=O) groups excluding carboxylic acids is 1. The number of amides is 1. The molecule has 2 N–H and O–H groups in total. The van der Waals surface area contributed by atoms with Crippen LogP contribution in [0.15, 0.2) is 30.3 Å². The van der Waals surface area contributed by atoms with Crippen molar-refractivity contribution in [2.75, 3.05) is 26.2 Å². The molecule has 0 bridgehead atoms. The zero-order valence-electron chi connectivity index (χ0n) is 12.2. The van der Waals surface area contributed by atoms with Gasteiger partial charge in [0.1, 0.15) is 5.75 Å². The first-order valence-corrected chi connectivity index (χ1v) is 6.90. The fourth-order valence-electron chi connectivity index (χ4n) is 1.63. The van der Waals surface area contributed by atoms with E-state index in [0.29, 0.717) is 13.2 Å². The van der Waals surface area contributed by atoms with Gasteiger partial charge < -0.3 is 15.4 Å². The number of hydrogen-bond acceptors (Lipinski definition) is 3. The summed E-state index contributed by atoms with van der Waals surface area (Å²) >= 11 is 0. The summed E-state index contributed by atoms with van der Waals surface area (Å²) in [4.78, 5) is 11.8. The van der Waals surface area contributed by atoms with Gasteiger partial charge in [-0.1, -0.05) is 32.0 Å². The summed E-state index contributed by atoms with van der Waals surface area (Å²) < 4.78 is 5.58. The van der Waals surface area contributed by atoms with Crippen LogP contribution in [0.1, 0.15) is 20.3 Å². The zero-order chi connectivity index (χ0) is 13.9. The molecule has 1 aromatic carbocycles. The molecule has 0 radical (unpaired) electrons. The first kappa shape index (κ1) is 18.7. The van der Waals surface area contributed by atoms with Crippen LogP contribution in [0.3, 0.4) is 0 Å². The predicted molar refractivity (Wildman–Crippen MR) is 84.5 cm³/mol. The molecule has 0 heterocycles. The molecule has 1 atom stereocenters. The second kappa shape index (κ2) is 11.6. The topological polar surface area (TPSA) is 50.4 Å². The van der Waals surface area contributed by atoms with Gasteiger partial charge in [0.05, 0.1) is 6.61 Å². The molecule has 0 fully saturated rings. The normalized spacial score (nSPS) is 11.3. The maximum Gasteiger partial charge on any atom is 0.223 e. The fraction of sp³-hybridized carbons (Fsp3) is 0.533. The van der Waals surface area contributed by atoms with Gasteiger partial charge in [-0.15, -0.1) is 12.4 Å². The Morgan fingerprint density at radius 2 is 1.95 bits per heavy atom. The van der Waals surface area contributed by atoms with Gasteiger partial charge in [-0.2, -0.15) is 0 Å². The molecule has 20 heavy (non-hydrogen) atoms. The van der Waals surface area contributed by atoms with Crippen molar-refractivity contribution in [3.8, 4) is 5.75 Å². The van der Waals surface area contributed by atoms with Crippen molar-refractivity contribution < 1.29 is 9.53 Å². The standard InChI is InChI=1S/C15H24N2O2.ClH/c1-3-16-10-11-17-15(18)13(2)9-12-19-14-7-5-4-6-8-14;/h4-8,13,16H,3,9-12H2,1-2H3,(H,17,18);1H. The highest BCUT2D eigenvalue weighted by molar-refractivity contribution is 5.85. The second-order valence-corrected chi connectivity index (χ2v) is 4.50. The van der Waals surface area contributed by atoms with Crippen molar-refractivity contribution in [1.82, 2.24) is 10.6 Å². The van der Waals surface area contributed by atoms with E-state index in [0.717, 1.165) is 25.3 Å². The van der Waals surface area contributed by atoms with Crippen LogP contribution < -0.4 is 15.4 Å². The van der Waals surface area contributed by atoms with Gasteiger partial charge in [0.15, 0.2) is 0 Å². The Labute approximate surface area is 127 Å². The van der Waals surface area contributed by atoms with Gasteiger partial charge in [-0.25, -0.2) is 0 Å². The van der Waals surface area contributed by atoms with E-state index in [2.05, 4.69) is 10.6 Å². The molecule has 4 nitrogen and oxygen atoms in total. The Hall–Kier alpha value is -1.26. The van der Waals surface area contributed by atoms with Gasteiger partial charge in [-0.3, -0.25) is 4.79 Å². The maximum absolute atomic E-state index is 11.8. The van der Waals surface area contributed by atoms with Crippen LogP contribution in [0.25, 0.3) is 0 Å². The average molecular weight is 301 g/mol. The third-order valence-corrected chi connectivity index (χ3v) is 2.86. The van der Waals surface area contributed by atoms with Crippen LogP contribution in [-0.4, -0.2) is 32.1 Å². The predicted octanol–water partition coefficient (Wildman–Crippen LogP) is 2.24. The number of ether oxygens (including phenoxy) is 1. The van der Waals surface area contributed by atoms with Crippen LogP contribution in [-0.2, 0) is 4.79 Å². The van der Waals surface area contributed by atoms with Crippen molar-refractivity contribution in [3.05, 3.63) is 30.3 Å². The molecular weight excluding hydrogens is 276 g/mol. The fourth-order valence-corrected chi connectivity index (χ4v) is 1.63. The number of rotatable bonds is 9. The van der Waals surface area contributed by atoms with Gasteiger partial charge in [0.25, 0.3) is 0 Å². The summed E-state index contributed by atoms with van der Waals surface area (Å²) in [7, 11) is 0. The smallest absolute Gasteiger partial charge is 0.223 e. The first-order valence-electron chi connectivity index (χ1n) is 6.90. The minimum atomic E-state index is -0.0228. The Morgan fingerprint density at radius 1 is 1.25 bits per heavy atom. The van der Waals surface area contributed by atoms with E-state index < -0.39 is 0 Å². The third-order valence-electron chi connectivity index (χ3n) is 2.86. The number of likely N-dealkylation sites (N-methyl/N-ethyl adjacent to an activating group) is 1. The summed E-state index contributed by atoms with van der Waals surface area (Å²) in [6.07, 6.45) is 0.724. The van der Waals surface area contributed by atoms with Crippen molar-refractivity contribution in [3.63, 3.8) is 0 Å². The van der Waals surface area contributed by atoms with E-state index in [-0.39, 0.29) is 24.2 Å². The van der Waals surface area contributed by atoms with Gasteiger partial charge in [0.2, 0.25) is 5.91 Å². The number of halogens is 1. The Kier molecular flexibility index (Phi) is 10.8. The summed E-state index contributed by atoms with van der Waals surface area (Å²) in [6.45, 7) is 6.95. The number of carbonyl (C=O) groups is 1. The lowest BCUT2D eigenvalue weighted by atomic mass is 10.1. The molecule has 1 unspecified atom stereocenters. The van der Waals surface area contributed by atoms with E-state index in [9.17, 15) is 4.79 Å². The Morgan fingerprint density at radius 3 is 2.60 bits per heavy atom. The van der Waals surface area contributed by atoms with E-state index in [1.807, 2.05) is 44.2 Å². The largest absolute Gasteiger partial charge is 0.494 e. The minimum Gasteiger partial charge on any atom is -0.494 e. The quantitative estimate of drug-likeness (QED) is 0.688. The molecule has 0 aliphatic heterocycles. The first-order chi connectivity index (χ1) is 9.24. The van der Waals surface area contributed by atoms with Crippen LogP contribution in [0.5, 0.6) is 5.75 Å². The van der Waals surface area contributed by atoms with Crippen molar-refractivity contribution in [2.45, 2.75) is 20.3 Å². The molecule has 0 aromatic heterocycles. The number of benzene rings is 1. The van der Waals surface area contributed by atoms with Crippen molar-refractivity contribution in [2.24, 2.45) is 5.92 Å². The lowest BCUT2D eigenvalue weighted by molar-refractivity contribution is -0.124. The molecule has 1 aromatic rings. The van der Waals surface area contributed by atoms with E-state index in [1.165, 1.54) is 0 Å². The third kappa shape index (κ3) is 8.02. The Bertz CT molecular complexity index is 360. The maximum atomic E-state index is 11.8. The van der Waals surface area contributed by atoms with Gasteiger partial charge in [0, 0.05) is 19.0 Å². The molecule has 0 saturated carbocycles. The minimum absolute atomic E-state index is 0. The highest BCUT2D eigenvalue weighted by atomic mass is 35.5. The molecule has 114 valence electrons. The number of hydrogen-bond donors (Lipinski definition) is 2. The summed E-state index contributed by atoms with van der Waals surface area (Å²) in [5.41, 5.74) is 0. The lowest BCUT2D eigenvalue weighted by Gasteiger charge is -2.13. The molecule has 0 aliphatic carbocycles. The molecular formula is C15H25ClN2O2. The van der Waals surface area contributed by atoms with Crippen LogP contribution in [0.4, 0.5) is 0 Å². The monoisotopic (exact) mass is 300 g/mol. The van der Waals surface area contributed by atoms with Crippen molar-refractivity contribution in [1.29, 1.82) is 0 Å². The molecule has 0 saturated heterocycles. The van der Waals surface area contributed by atoms with Crippen LogP contribution in [0, 0.1) is 5.92 Å². The molecule has 5 heteroatoms. The molecule has 1 rings (SSSR count). The van der Waals surface area contributed by atoms with Crippen molar-refractivity contribution >= 4 is 18.3 Å². The van der Waals surface area contributed by atoms with E-state index in [1.54, 1.807) is 0 Å². The molecule has 0 aliphatic rings. The number of para-hydroxylation sites is 1. The zero-order valence-corrected chi connectivity index (χ0v) is 13.0. The number of nitrogens with one attached hydrogen (secondary N) is 2. The highest BCUT2D eigenvalue weighted by Crippen LogP contribution is 2.10. The lowest BCUT2D eigenvalue weighted by Crippen LogP contribution is -2.35. The van der Waals surface area contributed by atoms with Crippen LogP contribution >= 0.6 is 12.4 Å². The summed E-state index contributed by atoms with van der Waals surface area (Å²) in [5.74, 6) is 0.919. The molecule has 1 amide bonds. The summed E-state index contributed by atoms with van der Waals surface area (Å²) in [6, 6.07) is 9.66. The van der Waals surface area contributed by atoms with E-state index >= 15 is 0 Å². The van der Waals surface area contributed by atoms with E-state index in [4.69, 9.17) is 4.74 Å². The second-order valence-electron chi connectivity index (χ2n) is 4.50. The highest BCUT2D eigenvalue weighted by Gasteiger charge is 2.11. The Balaban J connectivity index is 0.00000361. The van der Waals surface area contributed by atoms with Gasteiger partial charge in [-0.05, 0) is 25.1 Å². The average Bonchev–Trinajstić information content (AvgIpc) is 2.44. The van der Waals surface area contributed by atoms with Crippen LogP contribution in [0.2, 0.25) is 0 Å². The molecule has 0 spiro atoms. The summed E-state index contributed by atoms with van der Waals surface area (Å²) in [5, 5.41) is 6.08.